The molecule has 0 aliphatic carbocycles. The van der Waals surface area contributed by atoms with Crippen LogP contribution in [0.1, 0.15) is 48.8 Å². The highest BCUT2D eigenvalue weighted by atomic mass is 16.3. The minimum absolute atomic E-state index is 0.130. The molecule has 3 aromatic carbocycles. The van der Waals surface area contributed by atoms with Crippen molar-refractivity contribution in [1.29, 1.82) is 0 Å². The van der Waals surface area contributed by atoms with Crippen LogP contribution in [0.2, 0.25) is 0 Å². The number of aryl methyl sites for hydroxylation is 2. The van der Waals surface area contributed by atoms with Crippen molar-refractivity contribution >= 4 is 43.5 Å². The lowest BCUT2D eigenvalue weighted by Gasteiger charge is -2.14. The van der Waals surface area contributed by atoms with E-state index in [9.17, 15) is 0 Å². The summed E-state index contributed by atoms with van der Waals surface area (Å²) in [6.45, 7) is -0.267. The summed E-state index contributed by atoms with van der Waals surface area (Å²) < 4.78 is 72.1. The van der Waals surface area contributed by atoms with Gasteiger partial charge in [0.05, 0.1) is 5.52 Å². The van der Waals surface area contributed by atoms with Crippen molar-refractivity contribution in [3.8, 4) is 0 Å². The maximum Gasteiger partial charge on any atom is 0.196 e. The van der Waals surface area contributed by atoms with Crippen LogP contribution in [0, 0.1) is 19.1 Å². The Morgan fingerprint density at radius 3 is 2.54 bits per heavy atom. The summed E-state index contributed by atoms with van der Waals surface area (Å²) in [5, 5.41) is 2.66. The van der Waals surface area contributed by atoms with Crippen molar-refractivity contribution in [2.24, 2.45) is 5.41 Å². The monoisotopic (exact) mass is 376 g/mol. The molecule has 2 aromatic heterocycles. The van der Waals surface area contributed by atoms with Crippen LogP contribution in [0.4, 0.5) is 0 Å². The number of hydrogen-bond donors (Lipinski definition) is 0. The molecule has 0 aliphatic heterocycles. The molecular weight excluding hydrogens is 344 g/mol. The molecule has 0 spiro atoms. The zero-order valence-electron chi connectivity index (χ0n) is 23.8. The Hall–Kier alpha value is -2.94. The highest BCUT2D eigenvalue weighted by Gasteiger charge is 2.20. The van der Waals surface area contributed by atoms with Gasteiger partial charge in [-0.15, -0.1) is 0 Å². The number of nitrogens with zero attached hydrogens (tertiary/aromatic N) is 2. The second kappa shape index (κ2) is 5.78. The van der Waals surface area contributed by atoms with E-state index in [0.29, 0.717) is 21.7 Å². The summed E-state index contributed by atoms with van der Waals surface area (Å²) >= 11 is 0. The van der Waals surface area contributed by atoms with E-state index in [0.717, 1.165) is 11.6 Å². The van der Waals surface area contributed by atoms with Crippen LogP contribution in [-0.2, 0) is 6.37 Å². The van der Waals surface area contributed by atoms with Gasteiger partial charge in [-0.3, -0.25) is 4.98 Å². The summed E-state index contributed by atoms with van der Waals surface area (Å²) in [7, 11) is 0. The quantitative estimate of drug-likeness (QED) is 0.299. The first-order chi connectivity index (χ1) is 16.5. The maximum atomic E-state index is 8.64. The molecule has 0 aliphatic rings. The molecule has 140 valence electrons. The number of aromatic nitrogens is 2. The summed E-state index contributed by atoms with van der Waals surface area (Å²) in [6, 6.07) is 10.8. The largest absolute Gasteiger partial charge is 0.441 e. The summed E-state index contributed by atoms with van der Waals surface area (Å²) in [4.78, 5) is 9.02. The molecular formula is C25H24N2O. The number of fused-ring (bicyclic) bond motifs is 8. The van der Waals surface area contributed by atoms with E-state index in [-0.39, 0.29) is 33.5 Å². The smallest absolute Gasteiger partial charge is 0.196 e. The molecule has 3 nitrogen and oxygen atoms in total. The molecule has 0 atom stereocenters. The van der Waals surface area contributed by atoms with Crippen molar-refractivity contribution in [2.45, 2.75) is 40.8 Å². The minimum Gasteiger partial charge on any atom is -0.441 e. The van der Waals surface area contributed by atoms with Crippen molar-refractivity contribution < 1.29 is 15.4 Å². The van der Waals surface area contributed by atoms with Crippen molar-refractivity contribution in [3.05, 3.63) is 59.6 Å². The van der Waals surface area contributed by atoms with Gasteiger partial charge in [0.15, 0.2) is 11.5 Å². The molecule has 0 saturated heterocycles. The van der Waals surface area contributed by atoms with Gasteiger partial charge < -0.3 is 4.42 Å². The standard InChI is InChI=1S/C25H24N2O/c1-14-13-26-23-18-9-7-6-8-16(18)17-10-11-19-24(22(17)21(23)15(14)2)27-20(28-19)12-25(3,4)5/h6-11,13H,12H2,1-5H3/i1D3,2D3,12D2. The average Bonchev–Trinajstić information content (AvgIpc) is 3.21. The zero-order chi connectivity index (χ0) is 26.4. The summed E-state index contributed by atoms with van der Waals surface area (Å²) in [5.74, 6) is -0.130. The van der Waals surface area contributed by atoms with Gasteiger partial charge in [0.25, 0.3) is 0 Å². The van der Waals surface area contributed by atoms with E-state index in [4.69, 9.17) is 15.4 Å². The Balaban J connectivity index is 2.10. The van der Waals surface area contributed by atoms with Crippen LogP contribution >= 0.6 is 0 Å². The van der Waals surface area contributed by atoms with Gasteiger partial charge in [-0.05, 0) is 53.2 Å². The van der Waals surface area contributed by atoms with Gasteiger partial charge in [-0.1, -0.05) is 45.0 Å². The first-order valence-corrected chi connectivity index (χ1v) is 9.11. The molecule has 0 fully saturated rings. The van der Waals surface area contributed by atoms with E-state index >= 15 is 0 Å². The van der Waals surface area contributed by atoms with E-state index in [1.807, 2.05) is 24.3 Å². The lowest BCUT2D eigenvalue weighted by Crippen LogP contribution is -2.09. The fourth-order valence-electron chi connectivity index (χ4n) is 3.73. The number of pyridine rings is 1. The Morgan fingerprint density at radius 1 is 0.964 bits per heavy atom. The van der Waals surface area contributed by atoms with Crippen molar-refractivity contribution in [3.63, 3.8) is 0 Å². The topological polar surface area (TPSA) is 38.9 Å². The Kier molecular flexibility index (Phi) is 2.18. The zero-order valence-corrected chi connectivity index (χ0v) is 15.8. The van der Waals surface area contributed by atoms with Gasteiger partial charge in [0.2, 0.25) is 0 Å². The van der Waals surface area contributed by atoms with Gasteiger partial charge in [0, 0.05) is 39.7 Å². The van der Waals surface area contributed by atoms with Crippen LogP contribution in [0.3, 0.4) is 0 Å². The molecule has 3 heteroatoms. The lowest BCUT2D eigenvalue weighted by atomic mass is 9.92. The number of oxazole rings is 1. The molecule has 0 saturated carbocycles. The fourth-order valence-corrected chi connectivity index (χ4v) is 3.73. The van der Waals surface area contributed by atoms with Crippen LogP contribution in [-0.4, -0.2) is 9.97 Å². The van der Waals surface area contributed by atoms with E-state index < -0.39 is 25.5 Å². The van der Waals surface area contributed by atoms with E-state index in [1.54, 1.807) is 32.9 Å². The van der Waals surface area contributed by atoms with Crippen molar-refractivity contribution in [2.75, 3.05) is 0 Å². The van der Waals surface area contributed by atoms with Gasteiger partial charge in [0.1, 0.15) is 5.52 Å². The highest BCUT2D eigenvalue weighted by molar-refractivity contribution is 6.30. The maximum absolute atomic E-state index is 8.64. The lowest BCUT2D eigenvalue weighted by molar-refractivity contribution is 0.362. The Morgan fingerprint density at radius 2 is 1.79 bits per heavy atom. The first kappa shape index (κ1) is 10.6. The second-order valence-electron chi connectivity index (χ2n) is 8.04. The van der Waals surface area contributed by atoms with Crippen LogP contribution < -0.4 is 0 Å². The predicted octanol–water partition coefficient (Wildman–Crippen LogP) is 6.89. The number of benzene rings is 3. The first-order valence-electron chi connectivity index (χ1n) is 13.1. The minimum atomic E-state index is -2.77. The molecule has 0 amide bonds. The third-order valence-corrected chi connectivity index (χ3v) is 4.84. The molecule has 5 aromatic rings. The average molecular weight is 377 g/mol. The second-order valence-corrected chi connectivity index (χ2v) is 8.04. The van der Waals surface area contributed by atoms with Crippen molar-refractivity contribution in [1.82, 2.24) is 9.97 Å². The third-order valence-electron chi connectivity index (χ3n) is 4.84. The molecule has 28 heavy (non-hydrogen) atoms. The van der Waals surface area contributed by atoms with Gasteiger partial charge >= 0.3 is 0 Å². The molecule has 0 unspecified atom stereocenters. The van der Waals surface area contributed by atoms with E-state index in [1.165, 1.54) is 0 Å². The predicted molar refractivity (Wildman–Crippen MR) is 117 cm³/mol. The third kappa shape index (κ3) is 2.50. The van der Waals surface area contributed by atoms with Gasteiger partial charge in [-0.25, -0.2) is 4.98 Å². The Labute approximate surface area is 175 Å². The molecule has 2 heterocycles. The molecule has 0 bridgehead atoms. The Bertz CT molecular complexity index is 1670. The normalized spacial score (nSPS) is 18.2. The van der Waals surface area contributed by atoms with Crippen LogP contribution in [0.5, 0.6) is 0 Å². The number of hydrogen-bond acceptors (Lipinski definition) is 3. The van der Waals surface area contributed by atoms with E-state index in [2.05, 4.69) is 9.97 Å². The summed E-state index contributed by atoms with van der Waals surface area (Å²) in [6.07, 6.45) is -0.804. The fraction of sp³-hybridized carbons (Fsp3) is 0.280. The summed E-state index contributed by atoms with van der Waals surface area (Å²) in [5.41, 5.74) is -0.609. The number of rotatable bonds is 1. The van der Waals surface area contributed by atoms with Gasteiger partial charge in [-0.2, -0.15) is 0 Å². The molecule has 5 rings (SSSR count). The highest BCUT2D eigenvalue weighted by Crippen LogP contribution is 2.40. The SMILES string of the molecule is [2H]C([2H])([2H])c1cnc2c3ccccc3c3ccc4oc(C([2H])([2H])C(C)(C)C)nc4c3c2c1C([2H])([2H])[2H]. The molecule has 0 N–H and O–H groups in total. The molecule has 0 radical (unpaired) electrons. The van der Waals surface area contributed by atoms with Crippen LogP contribution in [0.25, 0.3) is 43.5 Å². The van der Waals surface area contributed by atoms with Crippen LogP contribution in [0.15, 0.2) is 47.0 Å².